The molecule has 24 heavy (non-hydrogen) atoms. The largest absolute Gasteiger partial charge is 0.468 e. The zero-order chi connectivity index (χ0) is 17.0. The maximum Gasteiger partial charge on any atom is 0.319 e. The van der Waals surface area contributed by atoms with E-state index in [2.05, 4.69) is 17.0 Å². The highest BCUT2D eigenvalue weighted by Crippen LogP contribution is 2.39. The van der Waals surface area contributed by atoms with Gasteiger partial charge in [0, 0.05) is 31.5 Å². The molecule has 1 aromatic carbocycles. The Labute approximate surface area is 143 Å². The molecular weight excluding hydrogens is 304 g/mol. The normalized spacial score (nSPS) is 25.0. The predicted octanol–water partition coefficient (Wildman–Crippen LogP) is 2.06. The molecule has 1 spiro atoms. The van der Waals surface area contributed by atoms with E-state index in [9.17, 15) is 9.59 Å². The SMILES string of the molecule is COC(=O)CN1CCCC2(CCC(=O)N(Cc3ccccc3)C2)C1. The zero-order valence-electron chi connectivity index (χ0n) is 14.4. The van der Waals surface area contributed by atoms with E-state index in [0.29, 0.717) is 19.5 Å². The van der Waals surface area contributed by atoms with Crippen LogP contribution in [-0.2, 0) is 20.9 Å². The van der Waals surface area contributed by atoms with E-state index < -0.39 is 0 Å². The molecule has 5 nitrogen and oxygen atoms in total. The molecule has 3 rings (SSSR count). The lowest BCUT2D eigenvalue weighted by Crippen LogP contribution is -2.54. The van der Waals surface area contributed by atoms with Crippen molar-refractivity contribution in [3.8, 4) is 0 Å². The Morgan fingerprint density at radius 1 is 1.21 bits per heavy atom. The lowest BCUT2D eigenvalue weighted by Gasteiger charge is -2.48. The van der Waals surface area contributed by atoms with Crippen LogP contribution in [0.1, 0.15) is 31.2 Å². The van der Waals surface area contributed by atoms with Gasteiger partial charge in [-0.15, -0.1) is 0 Å². The topological polar surface area (TPSA) is 49.9 Å². The number of hydrogen-bond donors (Lipinski definition) is 0. The smallest absolute Gasteiger partial charge is 0.319 e. The van der Waals surface area contributed by atoms with Crippen molar-refractivity contribution in [3.05, 3.63) is 35.9 Å². The minimum absolute atomic E-state index is 0.120. The Hall–Kier alpha value is -1.88. The Morgan fingerprint density at radius 2 is 2.00 bits per heavy atom. The van der Waals surface area contributed by atoms with Crippen molar-refractivity contribution in [1.82, 2.24) is 9.80 Å². The Bertz CT molecular complexity index is 590. The van der Waals surface area contributed by atoms with Gasteiger partial charge in [-0.25, -0.2) is 0 Å². The summed E-state index contributed by atoms with van der Waals surface area (Å²) < 4.78 is 4.80. The van der Waals surface area contributed by atoms with E-state index in [-0.39, 0.29) is 17.3 Å². The number of benzene rings is 1. The second-order valence-electron chi connectivity index (χ2n) is 7.13. The molecule has 1 atom stereocenters. The summed E-state index contributed by atoms with van der Waals surface area (Å²) in [6.45, 7) is 3.63. The van der Waals surface area contributed by atoms with Crippen molar-refractivity contribution in [1.29, 1.82) is 0 Å². The molecule has 0 bridgehead atoms. The van der Waals surface area contributed by atoms with Crippen molar-refractivity contribution < 1.29 is 14.3 Å². The van der Waals surface area contributed by atoms with Gasteiger partial charge < -0.3 is 9.64 Å². The van der Waals surface area contributed by atoms with Gasteiger partial charge in [0.2, 0.25) is 5.91 Å². The van der Waals surface area contributed by atoms with Gasteiger partial charge in [-0.2, -0.15) is 0 Å². The first-order chi connectivity index (χ1) is 11.6. The lowest BCUT2D eigenvalue weighted by molar-refractivity contribution is -0.146. The van der Waals surface area contributed by atoms with E-state index in [4.69, 9.17) is 4.74 Å². The first kappa shape index (κ1) is 17.0. The molecule has 1 aromatic rings. The maximum absolute atomic E-state index is 12.4. The number of piperidine rings is 2. The Morgan fingerprint density at radius 3 is 2.75 bits per heavy atom. The Balaban J connectivity index is 1.67. The standard InChI is InChI=1S/C19H26N2O3/c1-24-18(23)13-20-11-5-9-19(14-20)10-8-17(22)21(15-19)12-16-6-3-2-4-7-16/h2-4,6-7H,5,8-15H2,1H3. The monoisotopic (exact) mass is 330 g/mol. The number of carbonyl (C=O) groups is 2. The second-order valence-corrected chi connectivity index (χ2v) is 7.13. The molecule has 2 saturated heterocycles. The number of rotatable bonds is 4. The summed E-state index contributed by atoms with van der Waals surface area (Å²) in [6.07, 6.45) is 3.74. The minimum Gasteiger partial charge on any atom is -0.468 e. The number of methoxy groups -OCH3 is 1. The second kappa shape index (κ2) is 7.34. The van der Waals surface area contributed by atoms with Crippen molar-refractivity contribution in [2.75, 3.05) is 33.3 Å². The average Bonchev–Trinajstić information content (AvgIpc) is 2.59. The predicted molar refractivity (Wildman–Crippen MR) is 91.2 cm³/mol. The summed E-state index contributed by atoms with van der Waals surface area (Å²) in [5.74, 6) is 0.0645. The fourth-order valence-corrected chi connectivity index (χ4v) is 4.08. The summed E-state index contributed by atoms with van der Waals surface area (Å²) in [4.78, 5) is 28.1. The number of nitrogens with zero attached hydrogens (tertiary/aromatic N) is 2. The van der Waals surface area contributed by atoms with Crippen LogP contribution in [0.15, 0.2) is 30.3 Å². The molecule has 2 aliphatic heterocycles. The van der Waals surface area contributed by atoms with Gasteiger partial charge >= 0.3 is 5.97 Å². The first-order valence-electron chi connectivity index (χ1n) is 8.71. The van der Waals surface area contributed by atoms with Crippen LogP contribution in [0.3, 0.4) is 0 Å². The third-order valence-electron chi connectivity index (χ3n) is 5.29. The van der Waals surface area contributed by atoms with Gasteiger partial charge in [0.25, 0.3) is 0 Å². The molecule has 0 aromatic heterocycles. The van der Waals surface area contributed by atoms with Gasteiger partial charge in [-0.05, 0) is 31.4 Å². The van der Waals surface area contributed by atoms with Crippen LogP contribution in [0.4, 0.5) is 0 Å². The number of hydrogen-bond acceptors (Lipinski definition) is 4. The molecule has 0 saturated carbocycles. The van der Waals surface area contributed by atoms with E-state index >= 15 is 0 Å². The van der Waals surface area contributed by atoms with Crippen LogP contribution in [0.2, 0.25) is 0 Å². The van der Waals surface area contributed by atoms with Crippen molar-refractivity contribution in [2.45, 2.75) is 32.2 Å². The van der Waals surface area contributed by atoms with Crippen LogP contribution < -0.4 is 0 Å². The van der Waals surface area contributed by atoms with Crippen molar-refractivity contribution in [3.63, 3.8) is 0 Å². The van der Waals surface area contributed by atoms with Gasteiger partial charge in [-0.3, -0.25) is 14.5 Å². The molecule has 2 heterocycles. The van der Waals surface area contributed by atoms with E-state index in [1.165, 1.54) is 12.7 Å². The number of amides is 1. The summed E-state index contributed by atoms with van der Waals surface area (Å²) in [7, 11) is 1.43. The zero-order valence-corrected chi connectivity index (χ0v) is 14.4. The fraction of sp³-hybridized carbons (Fsp3) is 0.579. The number of carbonyl (C=O) groups excluding carboxylic acids is 2. The van der Waals surface area contributed by atoms with Crippen LogP contribution >= 0.6 is 0 Å². The van der Waals surface area contributed by atoms with Gasteiger partial charge in [0.1, 0.15) is 0 Å². The highest BCUT2D eigenvalue weighted by atomic mass is 16.5. The summed E-state index contributed by atoms with van der Waals surface area (Å²) in [6, 6.07) is 10.2. The van der Waals surface area contributed by atoms with Crippen LogP contribution in [0.5, 0.6) is 0 Å². The fourth-order valence-electron chi connectivity index (χ4n) is 4.08. The average molecular weight is 330 g/mol. The quantitative estimate of drug-likeness (QED) is 0.793. The van der Waals surface area contributed by atoms with Gasteiger partial charge in [0.05, 0.1) is 13.7 Å². The molecule has 5 heteroatoms. The van der Waals surface area contributed by atoms with E-state index in [1.807, 2.05) is 23.1 Å². The molecule has 2 fully saturated rings. The first-order valence-corrected chi connectivity index (χ1v) is 8.71. The number of likely N-dealkylation sites (tertiary alicyclic amines) is 2. The van der Waals surface area contributed by atoms with Gasteiger partial charge in [0.15, 0.2) is 0 Å². The number of ether oxygens (including phenoxy) is 1. The maximum atomic E-state index is 12.4. The third-order valence-corrected chi connectivity index (χ3v) is 5.29. The molecular formula is C19H26N2O3. The van der Waals surface area contributed by atoms with E-state index in [1.54, 1.807) is 0 Å². The molecule has 2 aliphatic rings. The van der Waals surface area contributed by atoms with Crippen molar-refractivity contribution >= 4 is 11.9 Å². The lowest BCUT2D eigenvalue weighted by atomic mass is 9.73. The molecule has 0 radical (unpaired) electrons. The van der Waals surface area contributed by atoms with Gasteiger partial charge in [-0.1, -0.05) is 30.3 Å². The van der Waals surface area contributed by atoms with Crippen LogP contribution in [0.25, 0.3) is 0 Å². The number of esters is 1. The molecule has 0 N–H and O–H groups in total. The molecule has 130 valence electrons. The third kappa shape index (κ3) is 3.96. The summed E-state index contributed by atoms with van der Waals surface area (Å²) >= 11 is 0. The van der Waals surface area contributed by atoms with Crippen molar-refractivity contribution in [2.24, 2.45) is 5.41 Å². The summed E-state index contributed by atoms with van der Waals surface area (Å²) in [5.41, 5.74) is 1.29. The molecule has 0 aliphatic carbocycles. The van der Waals surface area contributed by atoms with Crippen LogP contribution in [0, 0.1) is 5.41 Å². The van der Waals surface area contributed by atoms with Crippen LogP contribution in [-0.4, -0.2) is 55.0 Å². The Kier molecular flexibility index (Phi) is 5.19. The molecule has 1 unspecified atom stereocenters. The highest BCUT2D eigenvalue weighted by molar-refractivity contribution is 5.77. The van der Waals surface area contributed by atoms with E-state index in [0.717, 1.165) is 38.9 Å². The highest BCUT2D eigenvalue weighted by Gasteiger charge is 2.41. The minimum atomic E-state index is -0.180. The molecule has 1 amide bonds. The summed E-state index contributed by atoms with van der Waals surface area (Å²) in [5, 5.41) is 0.